The van der Waals surface area contributed by atoms with Crippen LogP contribution in [0.3, 0.4) is 0 Å². The van der Waals surface area contributed by atoms with Gasteiger partial charge < -0.3 is 9.47 Å². The minimum atomic E-state index is -0.834. The third-order valence-electron chi connectivity index (χ3n) is 7.76. The van der Waals surface area contributed by atoms with Crippen LogP contribution in [0.15, 0.2) is 164 Å². The van der Waals surface area contributed by atoms with E-state index in [1.165, 1.54) is 0 Å². The summed E-state index contributed by atoms with van der Waals surface area (Å²) in [6.45, 7) is 0. The van der Waals surface area contributed by atoms with Gasteiger partial charge in [-0.2, -0.15) is 0 Å². The number of Topliss-reactive ketones (excluding diaryl/α,β-unsaturated/α-hetero) is 1. The minimum Gasteiger partial charge on any atom is -0.423 e. The Kier molecular flexibility index (Phi) is 9.51. The molecule has 0 heterocycles. The highest BCUT2D eigenvalue weighted by Gasteiger charge is 2.34. The highest BCUT2D eigenvalue weighted by molar-refractivity contribution is 9.10. The van der Waals surface area contributed by atoms with Crippen molar-refractivity contribution in [1.29, 1.82) is 0 Å². The first-order valence-electron chi connectivity index (χ1n) is 15.0. The Morgan fingerprint density at radius 1 is 0.447 bits per heavy atom. The topological polar surface area (TPSA) is 69.7 Å². The summed E-state index contributed by atoms with van der Waals surface area (Å²) in [5.74, 6) is -0.00927. The van der Waals surface area contributed by atoms with Crippen LogP contribution in [0.25, 0.3) is 0 Å². The zero-order valence-electron chi connectivity index (χ0n) is 25.2. The van der Waals surface area contributed by atoms with Crippen LogP contribution in [0, 0.1) is 0 Å². The number of halogens is 1. The van der Waals surface area contributed by atoms with E-state index < -0.39 is 16.3 Å². The molecule has 0 saturated heterocycles. The summed E-state index contributed by atoms with van der Waals surface area (Å²) in [6, 6.07) is 49.5. The van der Waals surface area contributed by atoms with E-state index in [1.54, 1.807) is 72.8 Å². The molecule has 0 N–H and O–H groups in total. The van der Waals surface area contributed by atoms with Crippen molar-refractivity contribution in [2.24, 2.45) is 0 Å². The van der Waals surface area contributed by atoms with Crippen molar-refractivity contribution >= 4 is 33.7 Å². The van der Waals surface area contributed by atoms with Crippen molar-refractivity contribution in [1.82, 2.24) is 0 Å². The highest BCUT2D eigenvalue weighted by atomic mass is 79.9. The molecule has 0 fully saturated rings. The van der Waals surface area contributed by atoms with E-state index in [9.17, 15) is 14.4 Å². The second kappa shape index (κ2) is 14.2. The summed E-state index contributed by atoms with van der Waals surface area (Å²) in [4.78, 5) is 38.1. The predicted molar refractivity (Wildman–Crippen MR) is 185 cm³/mol. The largest absolute Gasteiger partial charge is 0.423 e. The number of carbonyl (C=O) groups excluding carboxylic acids is 3. The van der Waals surface area contributed by atoms with Crippen molar-refractivity contribution in [2.75, 3.05) is 0 Å². The molecule has 6 aromatic rings. The second-order valence-electron chi connectivity index (χ2n) is 10.9. The number of carbonyl (C=O) groups is 3. The van der Waals surface area contributed by atoms with E-state index in [-0.39, 0.29) is 12.2 Å². The van der Waals surface area contributed by atoms with Crippen LogP contribution in [-0.2, 0) is 10.7 Å². The van der Waals surface area contributed by atoms with Gasteiger partial charge in [0.2, 0.25) is 0 Å². The fraction of sp³-hybridized carbons (Fsp3) is 0.0488. The van der Waals surface area contributed by atoms with Crippen molar-refractivity contribution < 1.29 is 23.9 Å². The number of esters is 2. The number of alkyl halides is 1. The first kappa shape index (κ1) is 31.4. The summed E-state index contributed by atoms with van der Waals surface area (Å²) in [6.07, 6.45) is 0.280. The summed E-state index contributed by atoms with van der Waals surface area (Å²) < 4.78 is 10.4. The summed E-state index contributed by atoms with van der Waals surface area (Å²) >= 11 is 4.06. The van der Waals surface area contributed by atoms with Gasteiger partial charge in [-0.15, -0.1) is 0 Å². The Bertz CT molecular complexity index is 1740. The van der Waals surface area contributed by atoms with Gasteiger partial charge in [0.15, 0.2) is 5.78 Å². The molecule has 6 rings (SSSR count). The maximum Gasteiger partial charge on any atom is 0.343 e. The average Bonchev–Trinajstić information content (AvgIpc) is 3.13. The third-order valence-corrected chi connectivity index (χ3v) is 9.13. The molecule has 0 radical (unpaired) electrons. The maximum absolute atomic E-state index is 12.9. The van der Waals surface area contributed by atoms with Gasteiger partial charge in [0.1, 0.15) is 15.8 Å². The SMILES string of the molecule is O=C(Cc1ccc(C(Br)(c2ccc(OC(=O)c3ccccc3)cc2)c2ccc(OC(=O)c3ccccc3)cc2)cc1)c1ccccc1. The number of benzene rings is 6. The number of hydrogen-bond acceptors (Lipinski definition) is 5. The zero-order chi connectivity index (χ0) is 32.6. The minimum absolute atomic E-state index is 0.0460. The quantitative estimate of drug-likeness (QED) is 0.0474. The molecule has 0 unspecified atom stereocenters. The summed E-state index contributed by atoms with van der Waals surface area (Å²) in [7, 11) is 0. The number of ether oxygens (including phenoxy) is 2. The average molecular weight is 682 g/mol. The summed E-state index contributed by atoms with van der Waals surface area (Å²) in [5.41, 5.74) is 5.15. The van der Waals surface area contributed by atoms with Crippen molar-refractivity contribution in [3.05, 3.63) is 203 Å². The van der Waals surface area contributed by atoms with Gasteiger partial charge in [0.25, 0.3) is 0 Å². The van der Waals surface area contributed by atoms with Crippen LogP contribution in [0.2, 0.25) is 0 Å². The number of ketones is 1. The van der Waals surface area contributed by atoms with Crippen molar-refractivity contribution in [3.8, 4) is 11.5 Å². The molecule has 0 saturated carbocycles. The lowest BCUT2D eigenvalue weighted by Crippen LogP contribution is -2.22. The highest BCUT2D eigenvalue weighted by Crippen LogP contribution is 2.45. The fourth-order valence-corrected chi connectivity index (χ4v) is 6.04. The van der Waals surface area contributed by atoms with Crippen LogP contribution >= 0.6 is 15.9 Å². The van der Waals surface area contributed by atoms with Gasteiger partial charge in [-0.05, 0) is 70.8 Å². The van der Waals surface area contributed by atoms with Crippen LogP contribution in [0.5, 0.6) is 11.5 Å². The molecule has 0 aliphatic carbocycles. The number of rotatable bonds is 10. The molecule has 0 bridgehead atoms. The molecule has 6 aromatic carbocycles. The van der Waals surface area contributed by atoms with E-state index >= 15 is 0 Å². The standard InChI is InChI=1S/C41H29BrO5/c42-41(33-18-16-29(17-19-33)28-38(43)30-10-4-1-5-11-30,34-20-24-36(25-21-34)46-39(44)31-12-6-2-7-13-31)35-22-26-37(27-23-35)47-40(45)32-14-8-3-9-15-32/h1-27H,28H2. The van der Waals surface area contributed by atoms with Crippen molar-refractivity contribution in [2.45, 2.75) is 10.7 Å². The molecular formula is C41H29BrO5. The van der Waals surface area contributed by atoms with E-state index in [2.05, 4.69) is 15.9 Å². The summed E-state index contributed by atoms with van der Waals surface area (Å²) in [5, 5.41) is 0. The predicted octanol–water partition coefficient (Wildman–Crippen LogP) is 9.24. The smallest absolute Gasteiger partial charge is 0.343 e. The Morgan fingerprint density at radius 2 is 0.787 bits per heavy atom. The Hall–Kier alpha value is -5.59. The van der Waals surface area contributed by atoms with Gasteiger partial charge in [-0.25, -0.2) is 9.59 Å². The molecule has 0 spiro atoms. The molecular weight excluding hydrogens is 652 g/mol. The van der Waals surface area contributed by atoms with E-state index in [0.29, 0.717) is 28.2 Å². The first-order chi connectivity index (χ1) is 22.9. The molecule has 0 aromatic heterocycles. The van der Waals surface area contributed by atoms with Crippen molar-refractivity contribution in [3.63, 3.8) is 0 Å². The van der Waals surface area contributed by atoms with E-state index in [0.717, 1.165) is 22.3 Å². The van der Waals surface area contributed by atoms with Crippen LogP contribution in [0.4, 0.5) is 0 Å². The normalized spacial score (nSPS) is 11.0. The first-order valence-corrected chi connectivity index (χ1v) is 15.8. The third kappa shape index (κ3) is 7.29. The lowest BCUT2D eigenvalue weighted by atomic mass is 9.84. The molecule has 6 heteroatoms. The van der Waals surface area contributed by atoms with Gasteiger partial charge in [0.05, 0.1) is 11.1 Å². The second-order valence-corrected chi connectivity index (χ2v) is 12.1. The van der Waals surface area contributed by atoms with Gasteiger partial charge in [0, 0.05) is 12.0 Å². The zero-order valence-corrected chi connectivity index (χ0v) is 26.8. The molecule has 47 heavy (non-hydrogen) atoms. The van der Waals surface area contributed by atoms with Gasteiger partial charge in [-0.1, -0.05) is 131 Å². The fourth-order valence-electron chi connectivity index (χ4n) is 5.25. The Morgan fingerprint density at radius 3 is 1.17 bits per heavy atom. The lowest BCUT2D eigenvalue weighted by Gasteiger charge is -2.30. The molecule has 0 aliphatic rings. The van der Waals surface area contributed by atoms with Gasteiger partial charge in [-0.3, -0.25) is 4.79 Å². The van der Waals surface area contributed by atoms with Crippen LogP contribution in [-0.4, -0.2) is 17.7 Å². The molecule has 5 nitrogen and oxygen atoms in total. The van der Waals surface area contributed by atoms with Crippen LogP contribution < -0.4 is 9.47 Å². The monoisotopic (exact) mass is 680 g/mol. The van der Waals surface area contributed by atoms with E-state index in [1.807, 2.05) is 91.0 Å². The van der Waals surface area contributed by atoms with Crippen LogP contribution in [0.1, 0.15) is 53.3 Å². The lowest BCUT2D eigenvalue weighted by molar-refractivity contribution is 0.0725. The molecule has 0 amide bonds. The Labute approximate surface area is 281 Å². The number of hydrogen-bond donors (Lipinski definition) is 0. The van der Waals surface area contributed by atoms with Gasteiger partial charge >= 0.3 is 11.9 Å². The molecule has 0 atom stereocenters. The molecule has 230 valence electrons. The molecule has 0 aliphatic heterocycles. The Balaban J connectivity index is 1.29. The van der Waals surface area contributed by atoms with E-state index in [4.69, 9.17) is 9.47 Å². The maximum atomic E-state index is 12.9.